The largest absolute Gasteiger partial charge is 0.481 e. The average molecular weight is 477 g/mol. The molecule has 0 radical (unpaired) electrons. The van der Waals surface area contributed by atoms with Gasteiger partial charge >= 0.3 is 5.97 Å². The number of likely N-dealkylation sites (tertiary alicyclic amines) is 1. The molecule has 0 aromatic heterocycles. The lowest BCUT2D eigenvalue weighted by Crippen LogP contribution is -2.58. The number of aliphatic hydroxyl groups excluding tert-OH is 1. The van der Waals surface area contributed by atoms with Crippen LogP contribution in [-0.4, -0.2) is 69.3 Å². The van der Waals surface area contributed by atoms with E-state index >= 15 is 0 Å². The summed E-state index contributed by atoms with van der Waals surface area (Å²) in [6, 6.07) is 4.99. The molecule has 3 aliphatic heterocycles. The molecule has 3 aliphatic rings. The summed E-state index contributed by atoms with van der Waals surface area (Å²) in [6.07, 6.45) is 2.87. The lowest BCUT2D eigenvalue weighted by atomic mass is 9.65. The van der Waals surface area contributed by atoms with Crippen LogP contribution in [0.5, 0.6) is 0 Å². The monoisotopic (exact) mass is 476 g/mol. The second-order valence-electron chi connectivity index (χ2n) is 9.16. The molecule has 3 heterocycles. The van der Waals surface area contributed by atoms with Crippen LogP contribution in [-0.2, 0) is 19.1 Å². The first-order valence-corrected chi connectivity index (χ1v) is 11.6. The van der Waals surface area contributed by atoms with Crippen LogP contribution >= 0.6 is 11.6 Å². The molecule has 3 fully saturated rings. The third-order valence-corrected chi connectivity index (χ3v) is 7.83. The first kappa shape index (κ1) is 23.7. The van der Waals surface area contributed by atoms with Crippen molar-refractivity contribution >= 4 is 35.1 Å². The van der Waals surface area contributed by atoms with Gasteiger partial charge in [0.05, 0.1) is 24.2 Å². The van der Waals surface area contributed by atoms with Crippen LogP contribution in [0.2, 0.25) is 5.02 Å². The van der Waals surface area contributed by atoms with Crippen molar-refractivity contribution in [2.75, 3.05) is 18.1 Å². The Labute approximate surface area is 197 Å². The second kappa shape index (κ2) is 8.42. The van der Waals surface area contributed by atoms with Gasteiger partial charge in [0, 0.05) is 17.3 Å². The molecule has 0 saturated carbocycles. The van der Waals surface area contributed by atoms with E-state index in [0.717, 1.165) is 0 Å². The molecule has 6 atom stereocenters. The summed E-state index contributed by atoms with van der Waals surface area (Å²) in [7, 11) is 0. The van der Waals surface area contributed by atoms with E-state index in [0.29, 0.717) is 30.0 Å². The van der Waals surface area contributed by atoms with Crippen molar-refractivity contribution in [2.24, 2.45) is 11.8 Å². The summed E-state index contributed by atoms with van der Waals surface area (Å²) in [4.78, 5) is 43.0. The quantitative estimate of drug-likeness (QED) is 0.558. The maximum Gasteiger partial charge on any atom is 0.310 e. The molecule has 33 heavy (non-hydrogen) atoms. The lowest BCUT2D eigenvalue weighted by molar-refractivity contribution is -0.157. The lowest BCUT2D eigenvalue weighted by Gasteiger charge is -2.38. The van der Waals surface area contributed by atoms with E-state index in [1.165, 1.54) is 9.80 Å². The smallest absolute Gasteiger partial charge is 0.310 e. The highest BCUT2D eigenvalue weighted by Crippen LogP contribution is 2.64. The Bertz CT molecular complexity index is 984. The van der Waals surface area contributed by atoms with Gasteiger partial charge in [0.25, 0.3) is 5.91 Å². The molecule has 2 amide bonds. The first-order valence-electron chi connectivity index (χ1n) is 11.2. The average Bonchev–Trinajstić information content (AvgIpc) is 3.41. The number of benzene rings is 1. The van der Waals surface area contributed by atoms with E-state index in [9.17, 15) is 24.6 Å². The Balaban J connectivity index is 1.84. The Kier molecular flexibility index (Phi) is 6.05. The van der Waals surface area contributed by atoms with Crippen molar-refractivity contribution in [3.05, 3.63) is 41.9 Å². The zero-order valence-electron chi connectivity index (χ0n) is 18.7. The van der Waals surface area contributed by atoms with Gasteiger partial charge in [-0.25, -0.2) is 0 Å². The summed E-state index contributed by atoms with van der Waals surface area (Å²) in [5, 5.41) is 20.5. The van der Waals surface area contributed by atoms with Crippen molar-refractivity contribution in [3.63, 3.8) is 0 Å². The maximum atomic E-state index is 14.1. The number of hydrogen-bond donors (Lipinski definition) is 2. The molecule has 0 aliphatic carbocycles. The summed E-state index contributed by atoms with van der Waals surface area (Å²) < 4.78 is 6.49. The molecular weight excluding hydrogens is 448 g/mol. The number of amides is 2. The van der Waals surface area contributed by atoms with E-state index in [-0.39, 0.29) is 13.2 Å². The summed E-state index contributed by atoms with van der Waals surface area (Å²) in [6.45, 7) is 7.07. The van der Waals surface area contributed by atoms with Gasteiger partial charge in [0.1, 0.15) is 17.6 Å². The van der Waals surface area contributed by atoms with E-state index in [2.05, 4.69) is 6.58 Å². The third-order valence-electron chi connectivity index (χ3n) is 7.57. The van der Waals surface area contributed by atoms with E-state index < -0.39 is 52.9 Å². The number of carboxylic acids is 1. The summed E-state index contributed by atoms with van der Waals surface area (Å²) >= 11 is 6.02. The molecule has 1 aromatic carbocycles. The van der Waals surface area contributed by atoms with Crippen LogP contribution in [0.1, 0.15) is 33.1 Å². The number of aliphatic hydroxyl groups is 1. The van der Waals surface area contributed by atoms with Gasteiger partial charge in [-0.2, -0.15) is 0 Å². The number of carbonyl (C=O) groups is 3. The number of rotatable bonds is 8. The maximum absolute atomic E-state index is 14.1. The van der Waals surface area contributed by atoms with Crippen LogP contribution in [0.25, 0.3) is 0 Å². The van der Waals surface area contributed by atoms with Gasteiger partial charge in [-0.05, 0) is 50.5 Å². The fraction of sp³-hybridized carbons (Fsp3) is 0.542. The number of carbonyl (C=O) groups excluding carboxylic acids is 2. The number of fused-ring (bicyclic) bond motifs is 1. The zero-order valence-corrected chi connectivity index (χ0v) is 19.5. The predicted molar refractivity (Wildman–Crippen MR) is 122 cm³/mol. The van der Waals surface area contributed by atoms with Gasteiger partial charge in [-0.1, -0.05) is 24.6 Å². The highest BCUT2D eigenvalue weighted by Gasteiger charge is 2.79. The van der Waals surface area contributed by atoms with Crippen molar-refractivity contribution in [1.29, 1.82) is 0 Å². The van der Waals surface area contributed by atoms with Crippen molar-refractivity contribution in [2.45, 2.75) is 56.4 Å². The van der Waals surface area contributed by atoms with Crippen LogP contribution in [0.3, 0.4) is 0 Å². The molecule has 2 bridgehead atoms. The summed E-state index contributed by atoms with van der Waals surface area (Å²) in [5.41, 5.74) is -1.67. The Hall–Kier alpha value is -2.42. The molecular formula is C24H29ClN2O6. The molecule has 9 heteroatoms. The highest BCUT2D eigenvalue weighted by molar-refractivity contribution is 6.30. The number of anilines is 1. The fourth-order valence-corrected chi connectivity index (χ4v) is 6.22. The van der Waals surface area contributed by atoms with Crippen molar-refractivity contribution in [3.8, 4) is 0 Å². The van der Waals surface area contributed by atoms with E-state index in [1.54, 1.807) is 37.3 Å². The van der Waals surface area contributed by atoms with Crippen LogP contribution in [0.15, 0.2) is 36.9 Å². The molecule has 1 aromatic rings. The Morgan fingerprint density at radius 2 is 2.03 bits per heavy atom. The SMILES string of the molecule is C=CCN(C(=O)C1N([C@H](C)CO)C(=O)[C@@H]2[C@H](C(=O)O)[C@]3(CC)CCC12O3)c1ccc(Cl)cc1. The Morgan fingerprint density at radius 1 is 1.36 bits per heavy atom. The second-order valence-corrected chi connectivity index (χ2v) is 9.60. The minimum absolute atomic E-state index is 0.175. The molecule has 1 spiro atoms. The summed E-state index contributed by atoms with van der Waals surface area (Å²) in [5.74, 6) is -3.97. The number of aliphatic carboxylic acids is 1. The molecule has 2 unspecified atom stereocenters. The van der Waals surface area contributed by atoms with Gasteiger partial charge < -0.3 is 24.7 Å². The highest BCUT2D eigenvalue weighted by atomic mass is 35.5. The predicted octanol–water partition coefficient (Wildman–Crippen LogP) is 2.48. The first-order chi connectivity index (χ1) is 15.7. The standard InChI is InChI=1S/C24H29ClN2O6/c1-4-12-26(16-8-6-15(25)7-9-16)21(30)19-24-11-10-23(5-2,33-24)18(22(31)32)17(24)20(29)27(19)14(3)13-28/h4,6-9,14,17-19,28H,1,5,10-13H2,2-3H3,(H,31,32)/t14-,17+,18-,19?,23+,24?/m1/s1. The van der Waals surface area contributed by atoms with Gasteiger partial charge in [0.2, 0.25) is 5.91 Å². The number of nitrogens with zero attached hydrogens (tertiary/aromatic N) is 2. The van der Waals surface area contributed by atoms with Gasteiger partial charge in [-0.3, -0.25) is 14.4 Å². The fourth-order valence-electron chi connectivity index (χ4n) is 6.09. The number of hydrogen-bond acceptors (Lipinski definition) is 5. The van der Waals surface area contributed by atoms with Crippen LogP contribution in [0.4, 0.5) is 5.69 Å². The minimum Gasteiger partial charge on any atom is -0.481 e. The molecule has 3 saturated heterocycles. The van der Waals surface area contributed by atoms with E-state index in [4.69, 9.17) is 16.3 Å². The number of halogens is 1. The normalized spacial score (nSPS) is 33.2. The molecule has 2 N–H and O–H groups in total. The van der Waals surface area contributed by atoms with Crippen LogP contribution < -0.4 is 4.90 Å². The zero-order chi connectivity index (χ0) is 24.1. The van der Waals surface area contributed by atoms with Gasteiger partial charge in [0.15, 0.2) is 0 Å². The van der Waals surface area contributed by atoms with Crippen molar-refractivity contribution < 1.29 is 29.3 Å². The Morgan fingerprint density at radius 3 is 2.58 bits per heavy atom. The van der Waals surface area contributed by atoms with Gasteiger partial charge in [-0.15, -0.1) is 6.58 Å². The molecule has 178 valence electrons. The topological polar surface area (TPSA) is 107 Å². The van der Waals surface area contributed by atoms with Crippen LogP contribution in [0, 0.1) is 11.8 Å². The molecule has 4 rings (SSSR count). The molecule has 8 nitrogen and oxygen atoms in total. The third kappa shape index (κ3) is 3.30. The van der Waals surface area contributed by atoms with E-state index in [1.807, 2.05) is 6.92 Å². The number of carboxylic acid groups (broad SMARTS) is 1. The van der Waals surface area contributed by atoms with Crippen molar-refractivity contribution in [1.82, 2.24) is 4.90 Å². The number of ether oxygens (including phenoxy) is 1. The minimum atomic E-state index is -1.26.